The lowest BCUT2D eigenvalue weighted by atomic mass is 9.83. The van der Waals surface area contributed by atoms with Gasteiger partial charge in [0.2, 0.25) is 0 Å². The van der Waals surface area contributed by atoms with Crippen LogP contribution in [-0.2, 0) is 0 Å². The van der Waals surface area contributed by atoms with E-state index >= 15 is 0 Å². The van der Waals surface area contributed by atoms with E-state index in [1.165, 1.54) is 32.4 Å². The van der Waals surface area contributed by atoms with Gasteiger partial charge in [-0.05, 0) is 50.0 Å². The Morgan fingerprint density at radius 1 is 1.24 bits per heavy atom. The minimum atomic E-state index is 0.397. The van der Waals surface area contributed by atoms with E-state index in [9.17, 15) is 0 Å². The van der Waals surface area contributed by atoms with Gasteiger partial charge < -0.3 is 10.6 Å². The number of rotatable bonds is 4. The molecule has 3 unspecified atom stereocenters. The third kappa shape index (κ3) is 5.39. The SMILES string of the molecule is CC1CCC(C)N(CC(CN)CC(C)(C)C)C1. The van der Waals surface area contributed by atoms with E-state index in [-0.39, 0.29) is 0 Å². The van der Waals surface area contributed by atoms with Gasteiger partial charge >= 0.3 is 0 Å². The van der Waals surface area contributed by atoms with Crippen molar-refractivity contribution in [2.75, 3.05) is 19.6 Å². The monoisotopic (exact) mass is 240 g/mol. The number of hydrogen-bond acceptors (Lipinski definition) is 2. The molecule has 0 aromatic carbocycles. The summed E-state index contributed by atoms with van der Waals surface area (Å²) in [7, 11) is 0. The van der Waals surface area contributed by atoms with Crippen molar-refractivity contribution in [3.05, 3.63) is 0 Å². The van der Waals surface area contributed by atoms with Crippen molar-refractivity contribution in [2.24, 2.45) is 23.0 Å². The van der Waals surface area contributed by atoms with Gasteiger partial charge in [0.15, 0.2) is 0 Å². The van der Waals surface area contributed by atoms with Crippen LogP contribution >= 0.6 is 0 Å². The molecule has 0 radical (unpaired) electrons. The van der Waals surface area contributed by atoms with Crippen LogP contribution in [0.25, 0.3) is 0 Å². The molecule has 1 aliphatic rings. The molecule has 3 atom stereocenters. The molecular formula is C15H32N2. The van der Waals surface area contributed by atoms with E-state index in [4.69, 9.17) is 5.73 Å². The van der Waals surface area contributed by atoms with Crippen LogP contribution in [0.15, 0.2) is 0 Å². The third-order valence-electron chi connectivity index (χ3n) is 3.97. The molecule has 1 saturated heterocycles. The molecule has 0 aromatic rings. The summed E-state index contributed by atoms with van der Waals surface area (Å²) in [6.07, 6.45) is 3.99. The van der Waals surface area contributed by atoms with E-state index in [1.807, 2.05) is 0 Å². The summed E-state index contributed by atoms with van der Waals surface area (Å²) in [4.78, 5) is 2.66. The summed E-state index contributed by atoms with van der Waals surface area (Å²) in [5.74, 6) is 1.52. The smallest absolute Gasteiger partial charge is 0.00672 e. The zero-order valence-electron chi connectivity index (χ0n) is 12.5. The average molecular weight is 240 g/mol. The summed E-state index contributed by atoms with van der Waals surface area (Å²) in [6, 6.07) is 0.750. The number of likely N-dealkylation sites (tertiary alicyclic amines) is 1. The molecule has 17 heavy (non-hydrogen) atoms. The van der Waals surface area contributed by atoms with Crippen molar-refractivity contribution in [3.63, 3.8) is 0 Å². The molecule has 0 spiro atoms. The van der Waals surface area contributed by atoms with Crippen molar-refractivity contribution in [3.8, 4) is 0 Å². The number of nitrogens with two attached hydrogens (primary N) is 1. The molecule has 1 heterocycles. The first-order valence-electron chi connectivity index (χ1n) is 7.26. The maximum atomic E-state index is 5.95. The van der Waals surface area contributed by atoms with Crippen LogP contribution in [0, 0.1) is 17.3 Å². The number of hydrogen-bond donors (Lipinski definition) is 1. The molecule has 0 aromatic heterocycles. The standard InChI is InChI=1S/C15H32N2/c1-12-6-7-13(2)17(10-12)11-14(9-16)8-15(3,4)5/h12-14H,6-11,16H2,1-5H3. The van der Waals surface area contributed by atoms with Gasteiger partial charge in [-0.15, -0.1) is 0 Å². The summed E-state index contributed by atoms with van der Waals surface area (Å²) in [5, 5.41) is 0. The molecule has 0 bridgehead atoms. The maximum absolute atomic E-state index is 5.95. The Balaban J connectivity index is 2.48. The van der Waals surface area contributed by atoms with Gasteiger partial charge in [-0.1, -0.05) is 27.7 Å². The number of nitrogens with zero attached hydrogens (tertiary/aromatic N) is 1. The molecule has 2 heteroatoms. The molecule has 0 amide bonds. The van der Waals surface area contributed by atoms with Gasteiger partial charge in [0.05, 0.1) is 0 Å². The zero-order valence-corrected chi connectivity index (χ0v) is 12.5. The van der Waals surface area contributed by atoms with Crippen molar-refractivity contribution >= 4 is 0 Å². The van der Waals surface area contributed by atoms with Crippen LogP contribution in [0.1, 0.15) is 53.9 Å². The molecule has 102 valence electrons. The third-order valence-corrected chi connectivity index (χ3v) is 3.97. The van der Waals surface area contributed by atoms with E-state index < -0.39 is 0 Å². The average Bonchev–Trinajstić information content (AvgIpc) is 2.20. The fraction of sp³-hybridized carbons (Fsp3) is 1.00. The highest BCUT2D eigenvalue weighted by molar-refractivity contribution is 4.81. The van der Waals surface area contributed by atoms with Gasteiger partial charge in [-0.3, -0.25) is 0 Å². The van der Waals surface area contributed by atoms with Crippen LogP contribution < -0.4 is 5.73 Å². The minimum Gasteiger partial charge on any atom is -0.330 e. The highest BCUT2D eigenvalue weighted by atomic mass is 15.2. The maximum Gasteiger partial charge on any atom is 0.00672 e. The van der Waals surface area contributed by atoms with Crippen molar-refractivity contribution < 1.29 is 0 Å². The summed E-state index contributed by atoms with van der Waals surface area (Å²) in [6.45, 7) is 15.0. The molecule has 1 fully saturated rings. The lowest BCUT2D eigenvalue weighted by molar-refractivity contribution is 0.0956. The normalized spacial score (nSPS) is 29.3. The summed E-state index contributed by atoms with van der Waals surface area (Å²) in [5.41, 5.74) is 6.35. The summed E-state index contributed by atoms with van der Waals surface area (Å²) >= 11 is 0. The van der Waals surface area contributed by atoms with E-state index in [2.05, 4.69) is 39.5 Å². The Kier molecular flexibility index (Phi) is 5.46. The molecule has 2 nitrogen and oxygen atoms in total. The zero-order chi connectivity index (χ0) is 13.1. The second-order valence-corrected chi connectivity index (χ2v) is 7.35. The predicted molar refractivity (Wildman–Crippen MR) is 76.0 cm³/mol. The quantitative estimate of drug-likeness (QED) is 0.818. The van der Waals surface area contributed by atoms with E-state index in [1.54, 1.807) is 0 Å². The molecule has 1 aliphatic heterocycles. The lowest BCUT2D eigenvalue weighted by Crippen LogP contribution is -2.45. The van der Waals surface area contributed by atoms with Crippen molar-refractivity contribution in [1.82, 2.24) is 4.90 Å². The predicted octanol–water partition coefficient (Wildman–Crippen LogP) is 3.12. The first-order valence-corrected chi connectivity index (χ1v) is 7.26. The van der Waals surface area contributed by atoms with Crippen LogP contribution in [0.5, 0.6) is 0 Å². The van der Waals surface area contributed by atoms with Gasteiger partial charge in [-0.25, -0.2) is 0 Å². The molecule has 0 aliphatic carbocycles. The Hall–Kier alpha value is -0.0800. The van der Waals surface area contributed by atoms with Gasteiger partial charge in [0, 0.05) is 19.1 Å². The van der Waals surface area contributed by atoms with Crippen LogP contribution in [0.3, 0.4) is 0 Å². The topological polar surface area (TPSA) is 29.3 Å². The van der Waals surface area contributed by atoms with E-state index in [0.717, 1.165) is 18.5 Å². The van der Waals surface area contributed by atoms with E-state index in [0.29, 0.717) is 11.3 Å². The highest BCUT2D eigenvalue weighted by Crippen LogP contribution is 2.27. The molecule has 2 N–H and O–H groups in total. The largest absolute Gasteiger partial charge is 0.330 e. The van der Waals surface area contributed by atoms with Gasteiger partial charge in [0.1, 0.15) is 0 Å². The Morgan fingerprint density at radius 3 is 2.41 bits per heavy atom. The Morgan fingerprint density at radius 2 is 1.88 bits per heavy atom. The summed E-state index contributed by atoms with van der Waals surface area (Å²) < 4.78 is 0. The van der Waals surface area contributed by atoms with Gasteiger partial charge in [0.25, 0.3) is 0 Å². The Labute approximate surface area is 108 Å². The number of piperidine rings is 1. The minimum absolute atomic E-state index is 0.397. The van der Waals surface area contributed by atoms with Crippen molar-refractivity contribution in [2.45, 2.75) is 59.9 Å². The first-order chi connectivity index (χ1) is 7.81. The fourth-order valence-corrected chi connectivity index (χ4v) is 3.05. The van der Waals surface area contributed by atoms with Gasteiger partial charge in [-0.2, -0.15) is 0 Å². The molecular weight excluding hydrogens is 208 g/mol. The fourth-order valence-electron chi connectivity index (χ4n) is 3.05. The second kappa shape index (κ2) is 6.19. The molecule has 0 saturated carbocycles. The second-order valence-electron chi connectivity index (χ2n) is 7.35. The molecule has 1 rings (SSSR count). The van der Waals surface area contributed by atoms with Crippen LogP contribution in [-0.4, -0.2) is 30.6 Å². The van der Waals surface area contributed by atoms with Crippen molar-refractivity contribution in [1.29, 1.82) is 0 Å². The first kappa shape index (κ1) is 15.0. The van der Waals surface area contributed by atoms with Crippen LogP contribution in [0.2, 0.25) is 0 Å². The lowest BCUT2D eigenvalue weighted by Gasteiger charge is -2.39. The van der Waals surface area contributed by atoms with Crippen LogP contribution in [0.4, 0.5) is 0 Å². The highest BCUT2D eigenvalue weighted by Gasteiger charge is 2.26. The Bertz CT molecular complexity index is 219.